The summed E-state index contributed by atoms with van der Waals surface area (Å²) < 4.78 is 1.86. The molecule has 0 spiro atoms. The molecule has 26 heavy (non-hydrogen) atoms. The molecule has 0 unspecified atom stereocenters. The zero-order chi connectivity index (χ0) is 18.1. The molecular formula is C19H31IN6. The summed E-state index contributed by atoms with van der Waals surface area (Å²) in [5.41, 5.74) is 3.71. The molecule has 0 aliphatic rings. The number of halogens is 1. The summed E-state index contributed by atoms with van der Waals surface area (Å²) in [7, 11) is 3.72. The van der Waals surface area contributed by atoms with E-state index < -0.39 is 0 Å². The molecule has 7 heteroatoms. The average molecular weight is 470 g/mol. The van der Waals surface area contributed by atoms with Crippen LogP contribution in [0.1, 0.15) is 30.7 Å². The molecule has 0 saturated carbocycles. The van der Waals surface area contributed by atoms with Gasteiger partial charge in [-0.05, 0) is 30.3 Å². The number of benzene rings is 1. The summed E-state index contributed by atoms with van der Waals surface area (Å²) >= 11 is 0. The molecule has 1 aromatic heterocycles. The maximum absolute atomic E-state index is 4.27. The highest BCUT2D eigenvalue weighted by atomic mass is 127. The van der Waals surface area contributed by atoms with Gasteiger partial charge in [-0.15, -0.1) is 24.0 Å². The molecule has 6 nitrogen and oxygen atoms in total. The number of nitrogens with one attached hydrogen (secondary N) is 2. The lowest BCUT2D eigenvalue weighted by Crippen LogP contribution is -2.36. The largest absolute Gasteiger partial charge is 0.352 e. The molecule has 2 N–H and O–H groups in total. The fraction of sp³-hybridized carbons (Fsp3) is 0.474. The van der Waals surface area contributed by atoms with Crippen molar-refractivity contribution < 1.29 is 0 Å². The second kappa shape index (κ2) is 11.9. The summed E-state index contributed by atoms with van der Waals surface area (Å²) in [6, 6.07) is 10.8. The highest BCUT2D eigenvalue weighted by Crippen LogP contribution is 2.07. The van der Waals surface area contributed by atoms with Crippen LogP contribution in [0.15, 0.2) is 41.5 Å². The Labute approximate surface area is 174 Å². The van der Waals surface area contributed by atoms with Gasteiger partial charge in [0.1, 0.15) is 0 Å². The number of aliphatic imine (C=N–C) groups is 1. The summed E-state index contributed by atoms with van der Waals surface area (Å²) in [5.74, 6) is 0.786. The van der Waals surface area contributed by atoms with Gasteiger partial charge >= 0.3 is 0 Å². The van der Waals surface area contributed by atoms with Gasteiger partial charge in [-0.3, -0.25) is 14.6 Å². The summed E-state index contributed by atoms with van der Waals surface area (Å²) in [5, 5.41) is 10.8. The minimum Gasteiger partial charge on any atom is -0.352 e. The lowest BCUT2D eigenvalue weighted by Gasteiger charge is -2.18. The molecule has 0 aliphatic heterocycles. The zero-order valence-electron chi connectivity index (χ0n) is 16.2. The summed E-state index contributed by atoms with van der Waals surface area (Å²) in [6.07, 6.45) is 1.80. The first-order valence-corrected chi connectivity index (χ1v) is 8.87. The minimum absolute atomic E-state index is 0. The molecule has 0 amide bonds. The molecule has 0 atom stereocenters. The normalized spacial score (nSPS) is 11.3. The first-order valence-electron chi connectivity index (χ1n) is 8.87. The quantitative estimate of drug-likeness (QED) is 0.354. The Kier molecular flexibility index (Phi) is 10.3. The van der Waals surface area contributed by atoms with Crippen molar-refractivity contribution in [1.82, 2.24) is 25.3 Å². The molecule has 2 aromatic rings. The molecule has 0 aliphatic carbocycles. The van der Waals surface area contributed by atoms with Gasteiger partial charge in [0, 0.05) is 33.4 Å². The number of aromatic nitrogens is 2. The van der Waals surface area contributed by atoms with Crippen LogP contribution in [0.25, 0.3) is 0 Å². The third-order valence-electron chi connectivity index (χ3n) is 4.37. The van der Waals surface area contributed by atoms with Gasteiger partial charge in [-0.2, -0.15) is 5.10 Å². The number of rotatable bonds is 8. The molecule has 1 heterocycles. The van der Waals surface area contributed by atoms with Crippen LogP contribution in [0.5, 0.6) is 0 Å². The van der Waals surface area contributed by atoms with Crippen LogP contribution in [0.4, 0.5) is 0 Å². The molecule has 0 bridgehead atoms. The molecule has 0 fully saturated rings. The van der Waals surface area contributed by atoms with Crippen molar-refractivity contribution in [3.05, 3.63) is 53.3 Å². The van der Waals surface area contributed by atoms with E-state index in [4.69, 9.17) is 0 Å². The fourth-order valence-electron chi connectivity index (χ4n) is 2.62. The van der Waals surface area contributed by atoms with Gasteiger partial charge in [0.15, 0.2) is 5.96 Å². The van der Waals surface area contributed by atoms with Gasteiger partial charge in [-0.1, -0.05) is 38.1 Å². The summed E-state index contributed by atoms with van der Waals surface area (Å²) in [4.78, 5) is 6.68. The zero-order valence-corrected chi connectivity index (χ0v) is 18.5. The van der Waals surface area contributed by atoms with Gasteiger partial charge in [0.25, 0.3) is 0 Å². The predicted molar refractivity (Wildman–Crippen MR) is 119 cm³/mol. The number of aryl methyl sites for hydroxylation is 1. The Morgan fingerprint density at radius 1 is 1.04 bits per heavy atom. The van der Waals surface area contributed by atoms with Gasteiger partial charge in [0.2, 0.25) is 0 Å². The van der Waals surface area contributed by atoms with Crippen LogP contribution < -0.4 is 10.6 Å². The van der Waals surface area contributed by atoms with Crippen molar-refractivity contribution in [3.63, 3.8) is 0 Å². The topological polar surface area (TPSA) is 57.5 Å². The third kappa shape index (κ3) is 6.95. The fourth-order valence-corrected chi connectivity index (χ4v) is 2.62. The molecule has 0 radical (unpaired) electrons. The Bertz CT molecular complexity index is 661. The lowest BCUT2D eigenvalue weighted by atomic mass is 10.1. The maximum Gasteiger partial charge on any atom is 0.191 e. The Morgan fingerprint density at radius 2 is 1.65 bits per heavy atom. The SMILES string of the molecule is CCN(CC)Cc1ccc(CNC(=NC)NCc2ccnn2C)cc1.I. The van der Waals surface area contributed by atoms with E-state index in [9.17, 15) is 0 Å². The van der Waals surface area contributed by atoms with Gasteiger partial charge in [0.05, 0.1) is 12.2 Å². The highest BCUT2D eigenvalue weighted by molar-refractivity contribution is 14.0. The monoisotopic (exact) mass is 470 g/mol. The van der Waals surface area contributed by atoms with Gasteiger partial charge < -0.3 is 10.6 Å². The van der Waals surface area contributed by atoms with E-state index in [2.05, 4.69) is 63.7 Å². The van der Waals surface area contributed by atoms with Crippen LogP contribution in [0.2, 0.25) is 0 Å². The van der Waals surface area contributed by atoms with E-state index in [1.807, 2.05) is 17.8 Å². The van der Waals surface area contributed by atoms with Crippen LogP contribution in [0, 0.1) is 0 Å². The Morgan fingerprint density at radius 3 is 2.19 bits per heavy atom. The van der Waals surface area contributed by atoms with Crippen molar-refractivity contribution in [3.8, 4) is 0 Å². The van der Waals surface area contributed by atoms with E-state index >= 15 is 0 Å². The van der Waals surface area contributed by atoms with E-state index in [1.165, 1.54) is 11.1 Å². The number of hydrogen-bond donors (Lipinski definition) is 2. The molecular weight excluding hydrogens is 439 g/mol. The van der Waals surface area contributed by atoms with E-state index in [1.54, 1.807) is 13.2 Å². The highest BCUT2D eigenvalue weighted by Gasteiger charge is 2.03. The van der Waals surface area contributed by atoms with Crippen LogP contribution in [-0.4, -0.2) is 40.8 Å². The van der Waals surface area contributed by atoms with Crippen molar-refractivity contribution in [1.29, 1.82) is 0 Å². The second-order valence-electron chi connectivity index (χ2n) is 6.00. The first-order chi connectivity index (χ1) is 12.2. The second-order valence-corrected chi connectivity index (χ2v) is 6.00. The average Bonchev–Trinajstić information content (AvgIpc) is 3.06. The van der Waals surface area contributed by atoms with Crippen LogP contribution in [-0.2, 0) is 26.7 Å². The number of nitrogens with zero attached hydrogens (tertiary/aromatic N) is 4. The van der Waals surface area contributed by atoms with Crippen molar-refractivity contribution in [2.75, 3.05) is 20.1 Å². The summed E-state index contributed by atoms with van der Waals surface area (Å²) in [6.45, 7) is 9.01. The van der Waals surface area contributed by atoms with E-state index in [0.717, 1.165) is 37.8 Å². The molecule has 1 aromatic carbocycles. The first kappa shape index (κ1) is 22.4. The molecule has 144 valence electrons. The molecule has 0 saturated heterocycles. The van der Waals surface area contributed by atoms with Crippen LogP contribution in [0.3, 0.4) is 0 Å². The van der Waals surface area contributed by atoms with Crippen molar-refractivity contribution in [2.45, 2.75) is 33.5 Å². The number of guanidine groups is 1. The van der Waals surface area contributed by atoms with Crippen molar-refractivity contribution >= 4 is 29.9 Å². The standard InChI is InChI=1S/C19H30N6.HI/c1-5-25(6-2)15-17-9-7-16(8-10-17)13-21-19(20-3)22-14-18-11-12-23-24(18)4;/h7-12H,5-6,13-15H2,1-4H3,(H2,20,21,22);1H. The smallest absolute Gasteiger partial charge is 0.191 e. The number of hydrogen-bond acceptors (Lipinski definition) is 3. The Balaban J connectivity index is 0.00000338. The predicted octanol–water partition coefficient (Wildman–Crippen LogP) is 2.75. The third-order valence-corrected chi connectivity index (χ3v) is 4.37. The minimum atomic E-state index is 0. The van der Waals surface area contributed by atoms with Crippen LogP contribution >= 0.6 is 24.0 Å². The van der Waals surface area contributed by atoms with E-state index in [-0.39, 0.29) is 24.0 Å². The molecule has 2 rings (SSSR count). The maximum atomic E-state index is 4.27. The Hall–Kier alpha value is -1.61. The van der Waals surface area contributed by atoms with Crippen molar-refractivity contribution in [2.24, 2.45) is 12.0 Å². The van der Waals surface area contributed by atoms with E-state index in [0.29, 0.717) is 6.54 Å². The van der Waals surface area contributed by atoms with Gasteiger partial charge in [-0.25, -0.2) is 0 Å². The lowest BCUT2D eigenvalue weighted by molar-refractivity contribution is 0.296.